The van der Waals surface area contributed by atoms with Gasteiger partial charge in [0.15, 0.2) is 0 Å². The summed E-state index contributed by atoms with van der Waals surface area (Å²) < 4.78 is 18.7. The average molecular weight is 869 g/mol. The topological polar surface area (TPSA) is 106 Å². The first kappa shape index (κ1) is 43.5. The van der Waals surface area contributed by atoms with Crippen LogP contribution in [0, 0.1) is 29.5 Å². The molecule has 4 aliphatic carbocycles. The van der Waals surface area contributed by atoms with Crippen molar-refractivity contribution in [2.24, 2.45) is 23.7 Å². The van der Waals surface area contributed by atoms with Crippen LogP contribution in [0.1, 0.15) is 89.6 Å². The van der Waals surface area contributed by atoms with Crippen LogP contribution in [-0.2, 0) is 17.8 Å². The maximum atomic E-state index is 13.2. The second kappa shape index (κ2) is 18.8. The van der Waals surface area contributed by atoms with Crippen molar-refractivity contribution in [3.8, 4) is 0 Å². The Kier molecular flexibility index (Phi) is 12.8. The fourth-order valence-electron chi connectivity index (χ4n) is 11.9. The zero-order chi connectivity index (χ0) is 44.5. The van der Waals surface area contributed by atoms with Crippen molar-refractivity contribution in [2.75, 3.05) is 44.1 Å². The highest BCUT2D eigenvalue weighted by Crippen LogP contribution is 2.53. The quantitative estimate of drug-likeness (QED) is 0.171. The molecule has 6 amide bonds. The number of nitrogens with zero attached hydrogens (tertiary/aromatic N) is 5. The van der Waals surface area contributed by atoms with Crippen LogP contribution < -0.4 is 15.1 Å². The van der Waals surface area contributed by atoms with E-state index in [1.807, 2.05) is 78.9 Å². The molecule has 4 aromatic carbocycles. The lowest BCUT2D eigenvalue weighted by molar-refractivity contribution is -0.0119. The monoisotopic (exact) mass is 868 g/mol. The fraction of sp³-hybridized carbons (Fsp3) is 0.462. The van der Waals surface area contributed by atoms with Crippen molar-refractivity contribution in [1.29, 1.82) is 0 Å². The Bertz CT molecular complexity index is 2250. The number of hydrogen-bond acceptors (Lipinski definition) is 5. The first-order valence-electron chi connectivity index (χ1n) is 23.2. The van der Waals surface area contributed by atoms with E-state index >= 15 is 0 Å². The lowest BCUT2D eigenvalue weighted by Crippen LogP contribution is -2.55. The summed E-state index contributed by atoms with van der Waals surface area (Å²) in [6.07, 6.45) is 10.8. The van der Waals surface area contributed by atoms with Crippen molar-refractivity contribution in [3.63, 3.8) is 0 Å². The summed E-state index contributed by atoms with van der Waals surface area (Å²) in [5.74, 6) is 2.94. The molecule has 6 bridgehead atoms. The predicted molar refractivity (Wildman–Crippen MR) is 245 cm³/mol. The number of piperidine rings is 1. The van der Waals surface area contributed by atoms with Crippen LogP contribution in [0.4, 0.5) is 25.4 Å². The van der Waals surface area contributed by atoms with Gasteiger partial charge < -0.3 is 24.8 Å². The summed E-state index contributed by atoms with van der Waals surface area (Å²) in [5, 5.41) is 3.37. The summed E-state index contributed by atoms with van der Waals surface area (Å²) in [7, 11) is 5.33. The van der Waals surface area contributed by atoms with Crippen molar-refractivity contribution in [2.45, 2.75) is 95.1 Å². The van der Waals surface area contributed by atoms with Gasteiger partial charge in [0.1, 0.15) is 5.82 Å². The highest BCUT2D eigenvalue weighted by molar-refractivity contribution is 5.96. The van der Waals surface area contributed by atoms with E-state index < -0.39 is 0 Å². The summed E-state index contributed by atoms with van der Waals surface area (Å²) in [6.45, 7) is 2.17. The number of carbonyl (C=O) groups is 4. The summed E-state index contributed by atoms with van der Waals surface area (Å²) >= 11 is 0. The molecule has 3 aliphatic heterocycles. The third-order valence-corrected chi connectivity index (χ3v) is 15.0. The number of urea groups is 2. The van der Waals surface area contributed by atoms with Crippen LogP contribution in [0.5, 0.6) is 0 Å². The van der Waals surface area contributed by atoms with E-state index in [9.17, 15) is 23.6 Å². The molecule has 3 saturated heterocycles. The Morgan fingerprint density at radius 1 is 0.719 bits per heavy atom. The van der Waals surface area contributed by atoms with Crippen LogP contribution in [0.15, 0.2) is 103 Å². The van der Waals surface area contributed by atoms with Gasteiger partial charge in [0.05, 0.1) is 6.10 Å². The highest BCUT2D eigenvalue weighted by Gasteiger charge is 2.49. The standard InChI is InChI=1S/C27H30FN3O2.C25H31N3O3/c28-23-5-7-24(8-6-23)31-10-9-30(27(31)33)16-17-1-3-20(4-2-17)26(32)29-25-21-12-18-11-19(14-21)15-22(25)13-18;1-26(25(30)27(2)20-7-5-4-6-8-20)17-18-9-11-19(12-10-18)24(29)28-21-13-14-22(28)16-23(15-21)31-3/h1-8,18-19,21-22,25H,9-16H2,(H,29,32);4-12,21-23H,13-17H2,1-3H3. The van der Waals surface area contributed by atoms with Crippen LogP contribution in [0.3, 0.4) is 0 Å². The van der Waals surface area contributed by atoms with Gasteiger partial charge in [-0.1, -0.05) is 42.5 Å². The SMILES string of the molecule is COC1CC2CCC(C1)N2C(=O)c1ccc(CN(C)C(=O)N(C)c2ccccc2)cc1.O=C(NC1C2CC3CC(C2)CC1C3)c1ccc(CN2CCN(c3ccc(F)cc3)C2=O)cc1. The number of carbonyl (C=O) groups excluding carboxylic acids is 4. The molecule has 7 aliphatic rings. The second-order valence-corrected chi connectivity index (χ2v) is 19.1. The maximum absolute atomic E-state index is 13.2. The lowest BCUT2D eigenvalue weighted by Gasteiger charge is -2.54. The number of fused-ring (bicyclic) bond motifs is 2. The van der Waals surface area contributed by atoms with Crippen LogP contribution in [0.25, 0.3) is 0 Å². The molecule has 0 radical (unpaired) electrons. The number of methoxy groups -OCH3 is 1. The Morgan fingerprint density at radius 2 is 1.31 bits per heavy atom. The molecule has 11 nitrogen and oxygen atoms in total. The van der Waals surface area contributed by atoms with Crippen molar-refractivity contribution < 1.29 is 28.3 Å². The number of ether oxygens (including phenoxy) is 1. The third-order valence-electron chi connectivity index (χ3n) is 15.0. The average Bonchev–Trinajstić information content (AvgIpc) is 3.81. The minimum Gasteiger partial charge on any atom is -0.381 e. The number of benzene rings is 4. The molecule has 1 N–H and O–H groups in total. The number of para-hydroxylation sites is 1. The molecule has 2 unspecified atom stereocenters. The Morgan fingerprint density at radius 3 is 1.92 bits per heavy atom. The largest absolute Gasteiger partial charge is 0.381 e. The van der Waals surface area contributed by atoms with E-state index in [1.54, 1.807) is 52.9 Å². The summed E-state index contributed by atoms with van der Waals surface area (Å²) in [6, 6.07) is 31.7. The molecule has 0 aromatic heterocycles. The minimum absolute atomic E-state index is 0.0266. The zero-order valence-corrected chi connectivity index (χ0v) is 37.3. The summed E-state index contributed by atoms with van der Waals surface area (Å²) in [5.41, 5.74) is 4.96. The van der Waals surface area contributed by atoms with Gasteiger partial charge in [0, 0.05) is 88.0 Å². The van der Waals surface area contributed by atoms with Gasteiger partial charge in [-0.05, 0) is 153 Å². The molecule has 4 saturated carbocycles. The fourth-order valence-corrected chi connectivity index (χ4v) is 11.9. The van der Waals surface area contributed by atoms with Crippen molar-refractivity contribution in [3.05, 3.63) is 131 Å². The summed E-state index contributed by atoms with van der Waals surface area (Å²) in [4.78, 5) is 60.5. The molecular formula is C52H61FN6O5. The molecular weight excluding hydrogens is 808 g/mol. The first-order valence-corrected chi connectivity index (χ1v) is 23.2. The lowest BCUT2D eigenvalue weighted by atomic mass is 9.54. The van der Waals surface area contributed by atoms with Gasteiger partial charge in [0.2, 0.25) is 0 Å². The number of nitrogens with one attached hydrogen (secondary N) is 1. The second-order valence-electron chi connectivity index (χ2n) is 19.1. The molecule has 3 heterocycles. The minimum atomic E-state index is -0.310. The number of anilines is 2. The number of hydrogen-bond donors (Lipinski definition) is 1. The Balaban J connectivity index is 0.000000162. The van der Waals surface area contributed by atoms with Crippen LogP contribution in [0.2, 0.25) is 0 Å². The van der Waals surface area contributed by atoms with Crippen molar-refractivity contribution in [1.82, 2.24) is 20.0 Å². The molecule has 0 spiro atoms. The molecule has 7 fully saturated rings. The predicted octanol–water partition coefficient (Wildman–Crippen LogP) is 8.98. The molecule has 64 heavy (non-hydrogen) atoms. The third kappa shape index (κ3) is 9.25. The van der Waals surface area contributed by atoms with Crippen LogP contribution >= 0.6 is 0 Å². The maximum Gasteiger partial charge on any atom is 0.324 e. The first-order chi connectivity index (χ1) is 31.0. The van der Waals surface area contributed by atoms with Gasteiger partial charge in [-0.2, -0.15) is 0 Å². The van der Waals surface area contributed by atoms with E-state index in [4.69, 9.17) is 4.74 Å². The van der Waals surface area contributed by atoms with Gasteiger partial charge in [0.25, 0.3) is 11.8 Å². The molecule has 336 valence electrons. The van der Waals surface area contributed by atoms with Gasteiger partial charge >= 0.3 is 12.1 Å². The van der Waals surface area contributed by atoms with Crippen molar-refractivity contribution >= 4 is 35.3 Å². The zero-order valence-electron chi connectivity index (χ0n) is 37.3. The van der Waals surface area contributed by atoms with E-state index in [-0.39, 0.29) is 47.9 Å². The van der Waals surface area contributed by atoms with Gasteiger partial charge in [-0.3, -0.25) is 19.4 Å². The van der Waals surface area contributed by atoms with E-state index in [2.05, 4.69) is 10.2 Å². The number of amides is 6. The van der Waals surface area contributed by atoms with Crippen LogP contribution in [-0.4, -0.2) is 97.1 Å². The molecule has 12 heteroatoms. The van der Waals surface area contributed by atoms with E-state index in [1.165, 1.54) is 44.2 Å². The molecule has 2 atom stereocenters. The van der Waals surface area contributed by atoms with E-state index in [0.717, 1.165) is 54.3 Å². The number of halogens is 1. The molecule has 4 aromatic rings. The normalized spacial score (nSPS) is 26.4. The van der Waals surface area contributed by atoms with E-state index in [0.29, 0.717) is 60.9 Å². The smallest absolute Gasteiger partial charge is 0.324 e. The van der Waals surface area contributed by atoms with Gasteiger partial charge in [-0.25, -0.2) is 14.0 Å². The highest BCUT2D eigenvalue weighted by atomic mass is 19.1. The molecule has 11 rings (SSSR count). The Labute approximate surface area is 376 Å². The Hall–Kier alpha value is -5.75. The number of rotatable bonds is 10. The van der Waals surface area contributed by atoms with Gasteiger partial charge in [-0.15, -0.1) is 0 Å².